The predicted octanol–water partition coefficient (Wildman–Crippen LogP) is 2.53. The quantitative estimate of drug-likeness (QED) is 0.761. The normalized spacial score (nSPS) is 11.9. The van der Waals surface area contributed by atoms with E-state index in [1.165, 1.54) is 0 Å². The maximum atomic E-state index is 12.0. The summed E-state index contributed by atoms with van der Waals surface area (Å²) in [6.45, 7) is 1.03. The van der Waals surface area contributed by atoms with Crippen molar-refractivity contribution < 1.29 is 14.3 Å². The van der Waals surface area contributed by atoms with Gasteiger partial charge in [0.15, 0.2) is 0 Å². The molecule has 0 unspecified atom stereocenters. The van der Waals surface area contributed by atoms with Gasteiger partial charge in [-0.05, 0) is 18.2 Å². The summed E-state index contributed by atoms with van der Waals surface area (Å²) in [5.41, 5.74) is 2.05. The van der Waals surface area contributed by atoms with Gasteiger partial charge in [-0.3, -0.25) is 4.79 Å². The SMILES string of the molecule is CN[C@@H](COCc1ccccc1)C(=O)OCc1ccccc1. The second-order valence-electron chi connectivity index (χ2n) is 4.94. The molecule has 4 heteroatoms. The lowest BCUT2D eigenvalue weighted by molar-refractivity contribution is -0.149. The van der Waals surface area contributed by atoms with E-state index in [4.69, 9.17) is 9.47 Å². The Bertz CT molecular complexity index is 557. The van der Waals surface area contributed by atoms with E-state index in [1.54, 1.807) is 7.05 Å². The Hall–Kier alpha value is -2.17. The zero-order valence-corrected chi connectivity index (χ0v) is 12.7. The lowest BCUT2D eigenvalue weighted by atomic mass is 10.2. The predicted molar refractivity (Wildman–Crippen MR) is 85.2 cm³/mol. The molecule has 4 nitrogen and oxygen atoms in total. The van der Waals surface area contributed by atoms with Crippen molar-refractivity contribution in [2.45, 2.75) is 19.3 Å². The minimum atomic E-state index is -0.465. The van der Waals surface area contributed by atoms with Crippen LogP contribution in [0, 0.1) is 0 Å². The van der Waals surface area contributed by atoms with Crippen LogP contribution < -0.4 is 5.32 Å². The minimum absolute atomic E-state index is 0.274. The molecule has 2 rings (SSSR count). The molecule has 116 valence electrons. The number of carbonyl (C=O) groups is 1. The molecular formula is C18H21NO3. The summed E-state index contributed by atoms with van der Waals surface area (Å²) in [4.78, 5) is 12.0. The van der Waals surface area contributed by atoms with Gasteiger partial charge in [-0.2, -0.15) is 0 Å². The van der Waals surface area contributed by atoms with Gasteiger partial charge in [-0.1, -0.05) is 60.7 Å². The highest BCUT2D eigenvalue weighted by Gasteiger charge is 2.18. The Morgan fingerprint density at radius 3 is 2.05 bits per heavy atom. The van der Waals surface area contributed by atoms with Crippen LogP contribution in [0.2, 0.25) is 0 Å². The van der Waals surface area contributed by atoms with E-state index in [0.29, 0.717) is 6.61 Å². The van der Waals surface area contributed by atoms with E-state index in [-0.39, 0.29) is 19.2 Å². The molecule has 0 saturated heterocycles. The zero-order valence-electron chi connectivity index (χ0n) is 12.7. The maximum absolute atomic E-state index is 12.0. The van der Waals surface area contributed by atoms with Crippen LogP contribution in [0.1, 0.15) is 11.1 Å². The molecule has 0 heterocycles. The molecule has 0 saturated carbocycles. The fourth-order valence-electron chi connectivity index (χ4n) is 1.97. The van der Waals surface area contributed by atoms with Crippen molar-refractivity contribution in [2.75, 3.05) is 13.7 Å². The van der Waals surface area contributed by atoms with E-state index >= 15 is 0 Å². The van der Waals surface area contributed by atoms with Crippen LogP contribution in [0.3, 0.4) is 0 Å². The molecular weight excluding hydrogens is 278 g/mol. The fourth-order valence-corrected chi connectivity index (χ4v) is 1.97. The summed E-state index contributed by atoms with van der Waals surface area (Å²) in [7, 11) is 1.72. The standard InChI is InChI=1S/C18H21NO3/c1-19-17(14-21-12-15-8-4-2-5-9-15)18(20)22-13-16-10-6-3-7-11-16/h2-11,17,19H,12-14H2,1H3/t17-/m0/s1. The van der Waals surface area contributed by atoms with Gasteiger partial charge in [-0.15, -0.1) is 0 Å². The van der Waals surface area contributed by atoms with Crippen LogP contribution in [-0.4, -0.2) is 25.7 Å². The molecule has 0 amide bonds. The first-order valence-electron chi connectivity index (χ1n) is 7.29. The van der Waals surface area contributed by atoms with Crippen LogP contribution in [0.5, 0.6) is 0 Å². The van der Waals surface area contributed by atoms with Crippen LogP contribution >= 0.6 is 0 Å². The molecule has 0 aliphatic heterocycles. The Balaban J connectivity index is 1.74. The topological polar surface area (TPSA) is 47.6 Å². The van der Waals surface area contributed by atoms with Crippen molar-refractivity contribution in [2.24, 2.45) is 0 Å². The van der Waals surface area contributed by atoms with Crippen molar-refractivity contribution in [3.8, 4) is 0 Å². The van der Waals surface area contributed by atoms with Gasteiger partial charge in [0.1, 0.15) is 12.6 Å². The molecule has 0 bridgehead atoms. The molecule has 1 atom stereocenters. The zero-order chi connectivity index (χ0) is 15.6. The molecule has 1 N–H and O–H groups in total. The lowest BCUT2D eigenvalue weighted by Gasteiger charge is -2.15. The number of hydrogen-bond donors (Lipinski definition) is 1. The molecule has 0 aliphatic rings. The number of hydrogen-bond acceptors (Lipinski definition) is 4. The Kier molecular flexibility index (Phi) is 6.61. The monoisotopic (exact) mass is 299 g/mol. The van der Waals surface area contributed by atoms with E-state index in [1.807, 2.05) is 60.7 Å². The fraction of sp³-hybridized carbons (Fsp3) is 0.278. The number of nitrogens with one attached hydrogen (secondary N) is 1. The highest BCUT2D eigenvalue weighted by molar-refractivity contribution is 5.75. The second kappa shape index (κ2) is 8.97. The van der Waals surface area contributed by atoms with Crippen molar-refractivity contribution in [1.82, 2.24) is 5.32 Å². The molecule has 0 aliphatic carbocycles. The Morgan fingerprint density at radius 2 is 1.50 bits per heavy atom. The first-order valence-corrected chi connectivity index (χ1v) is 7.29. The van der Waals surface area contributed by atoms with Gasteiger partial charge in [0.05, 0.1) is 13.2 Å². The number of ether oxygens (including phenoxy) is 2. The largest absolute Gasteiger partial charge is 0.460 e. The van der Waals surface area contributed by atoms with Gasteiger partial charge in [0.2, 0.25) is 0 Å². The summed E-state index contributed by atoms with van der Waals surface area (Å²) < 4.78 is 10.9. The van der Waals surface area contributed by atoms with Crippen LogP contribution in [0.15, 0.2) is 60.7 Å². The highest BCUT2D eigenvalue weighted by Crippen LogP contribution is 2.04. The molecule has 2 aromatic rings. The first kappa shape index (κ1) is 16.2. The second-order valence-corrected chi connectivity index (χ2v) is 4.94. The van der Waals surface area contributed by atoms with Crippen LogP contribution in [-0.2, 0) is 27.5 Å². The van der Waals surface area contributed by atoms with E-state index in [9.17, 15) is 4.79 Å². The average Bonchev–Trinajstić information content (AvgIpc) is 2.58. The van der Waals surface area contributed by atoms with E-state index in [0.717, 1.165) is 11.1 Å². The molecule has 0 fully saturated rings. The third kappa shape index (κ3) is 5.31. The van der Waals surface area contributed by atoms with Crippen molar-refractivity contribution in [3.63, 3.8) is 0 Å². The maximum Gasteiger partial charge on any atom is 0.325 e. The molecule has 0 spiro atoms. The minimum Gasteiger partial charge on any atom is -0.460 e. The number of carbonyl (C=O) groups excluding carboxylic acids is 1. The summed E-state index contributed by atoms with van der Waals surface area (Å²) in [6, 6.07) is 19.0. The van der Waals surface area contributed by atoms with Gasteiger partial charge in [0, 0.05) is 0 Å². The molecule has 22 heavy (non-hydrogen) atoms. The van der Waals surface area contributed by atoms with E-state index in [2.05, 4.69) is 5.32 Å². The van der Waals surface area contributed by atoms with E-state index < -0.39 is 6.04 Å². The molecule has 2 aromatic carbocycles. The Labute approximate surface area is 131 Å². The Morgan fingerprint density at radius 1 is 0.955 bits per heavy atom. The smallest absolute Gasteiger partial charge is 0.325 e. The van der Waals surface area contributed by atoms with Crippen LogP contribution in [0.25, 0.3) is 0 Å². The van der Waals surface area contributed by atoms with Gasteiger partial charge in [0.25, 0.3) is 0 Å². The number of esters is 1. The number of likely N-dealkylation sites (N-methyl/N-ethyl adjacent to an activating group) is 1. The summed E-state index contributed by atoms with van der Waals surface area (Å²) >= 11 is 0. The highest BCUT2D eigenvalue weighted by atomic mass is 16.5. The molecule has 0 aromatic heterocycles. The van der Waals surface area contributed by atoms with Crippen LogP contribution in [0.4, 0.5) is 0 Å². The van der Waals surface area contributed by atoms with Gasteiger partial charge >= 0.3 is 5.97 Å². The van der Waals surface area contributed by atoms with Crippen molar-refractivity contribution in [3.05, 3.63) is 71.8 Å². The number of rotatable bonds is 8. The lowest BCUT2D eigenvalue weighted by Crippen LogP contribution is -2.39. The molecule has 0 radical (unpaired) electrons. The van der Waals surface area contributed by atoms with Crippen molar-refractivity contribution in [1.29, 1.82) is 0 Å². The summed E-state index contributed by atoms with van der Waals surface area (Å²) in [6.07, 6.45) is 0. The average molecular weight is 299 g/mol. The third-order valence-corrected chi connectivity index (χ3v) is 3.25. The number of benzene rings is 2. The summed E-state index contributed by atoms with van der Waals surface area (Å²) in [5.74, 6) is -0.306. The summed E-state index contributed by atoms with van der Waals surface area (Å²) in [5, 5.41) is 2.92. The van der Waals surface area contributed by atoms with Gasteiger partial charge in [-0.25, -0.2) is 0 Å². The first-order chi connectivity index (χ1) is 10.8. The third-order valence-electron chi connectivity index (χ3n) is 3.25. The van der Waals surface area contributed by atoms with Gasteiger partial charge < -0.3 is 14.8 Å². The van der Waals surface area contributed by atoms with Crippen molar-refractivity contribution >= 4 is 5.97 Å².